The van der Waals surface area contributed by atoms with Crippen LogP contribution in [0, 0.1) is 6.92 Å². The van der Waals surface area contributed by atoms with Crippen molar-refractivity contribution >= 4 is 0 Å². The third kappa shape index (κ3) is 5.37. The van der Waals surface area contributed by atoms with E-state index in [0.29, 0.717) is 24.3 Å². The highest BCUT2D eigenvalue weighted by Crippen LogP contribution is 2.38. The zero-order valence-electron chi connectivity index (χ0n) is 21.1. The van der Waals surface area contributed by atoms with Crippen molar-refractivity contribution in [3.05, 3.63) is 56.9 Å². The maximum atomic E-state index is 12.5. The number of aliphatic hydroxyl groups excluding tert-OH is 1. The number of aryl methyl sites for hydroxylation is 1. The third-order valence-corrected chi connectivity index (χ3v) is 7.03. The quantitative estimate of drug-likeness (QED) is 0.490. The molecule has 0 saturated heterocycles. The van der Waals surface area contributed by atoms with Gasteiger partial charge in [0, 0.05) is 18.2 Å². The standard InChI is InChI=1S/C27H41NO4/c1-9-26(5,6)19-12-13-20(21(17-19)27(7,8)10-2)22(29)14-15-28-23(30)16-18(4)24(25(28)31)32-11-3/h12-13,16-17,22,29,31H,9-11,14-15H2,1-8H3. The van der Waals surface area contributed by atoms with E-state index in [0.717, 1.165) is 24.0 Å². The molecule has 1 atom stereocenters. The van der Waals surface area contributed by atoms with E-state index in [2.05, 4.69) is 53.7 Å². The number of benzene rings is 1. The lowest BCUT2D eigenvalue weighted by Gasteiger charge is -2.32. The molecule has 1 aromatic heterocycles. The molecule has 1 aromatic carbocycles. The number of rotatable bonds is 10. The molecule has 1 heterocycles. The van der Waals surface area contributed by atoms with Crippen LogP contribution in [0.5, 0.6) is 11.6 Å². The van der Waals surface area contributed by atoms with Gasteiger partial charge in [-0.1, -0.05) is 59.7 Å². The number of aromatic nitrogens is 1. The largest absolute Gasteiger partial charge is 0.492 e. The first-order chi connectivity index (χ1) is 14.9. The SMILES string of the molecule is CCOc1c(C)cc(=O)n(CCC(O)c2ccc(C(C)(C)CC)cc2C(C)(C)CC)c1O. The van der Waals surface area contributed by atoms with Crippen LogP contribution in [-0.2, 0) is 17.4 Å². The fraction of sp³-hybridized carbons (Fsp3) is 0.593. The molecule has 0 aliphatic carbocycles. The molecular formula is C27H41NO4. The normalized spacial score (nSPS) is 13.3. The second-order valence-electron chi connectivity index (χ2n) is 9.98. The van der Waals surface area contributed by atoms with Crippen LogP contribution in [0.1, 0.15) is 96.1 Å². The Kier molecular flexibility index (Phi) is 8.22. The second-order valence-corrected chi connectivity index (χ2v) is 9.98. The van der Waals surface area contributed by atoms with E-state index in [1.807, 2.05) is 13.0 Å². The highest BCUT2D eigenvalue weighted by atomic mass is 16.5. The van der Waals surface area contributed by atoms with Gasteiger partial charge in [-0.05, 0) is 60.6 Å². The summed E-state index contributed by atoms with van der Waals surface area (Å²) < 4.78 is 6.79. The molecule has 178 valence electrons. The van der Waals surface area contributed by atoms with Crippen LogP contribution in [0.15, 0.2) is 29.1 Å². The molecule has 0 amide bonds. The number of aromatic hydroxyl groups is 1. The van der Waals surface area contributed by atoms with Crippen LogP contribution in [-0.4, -0.2) is 21.4 Å². The van der Waals surface area contributed by atoms with Gasteiger partial charge >= 0.3 is 0 Å². The first-order valence-electron chi connectivity index (χ1n) is 11.8. The molecular weight excluding hydrogens is 402 g/mol. The minimum absolute atomic E-state index is 0.0543. The van der Waals surface area contributed by atoms with Crippen molar-refractivity contribution in [3.8, 4) is 11.6 Å². The highest BCUT2D eigenvalue weighted by molar-refractivity contribution is 5.42. The predicted octanol–water partition coefficient (Wildman–Crippen LogP) is 5.76. The maximum Gasteiger partial charge on any atom is 0.253 e. The molecule has 5 nitrogen and oxygen atoms in total. The van der Waals surface area contributed by atoms with Crippen molar-refractivity contribution < 1.29 is 14.9 Å². The number of aliphatic hydroxyl groups is 1. The van der Waals surface area contributed by atoms with E-state index in [9.17, 15) is 15.0 Å². The van der Waals surface area contributed by atoms with E-state index in [-0.39, 0.29) is 28.8 Å². The van der Waals surface area contributed by atoms with Crippen molar-refractivity contribution in [1.29, 1.82) is 0 Å². The molecule has 1 unspecified atom stereocenters. The molecule has 0 saturated carbocycles. The molecule has 0 aliphatic heterocycles. The average molecular weight is 444 g/mol. The lowest BCUT2D eigenvalue weighted by atomic mass is 9.74. The van der Waals surface area contributed by atoms with Gasteiger partial charge in [-0.25, -0.2) is 0 Å². The number of hydrogen-bond donors (Lipinski definition) is 2. The summed E-state index contributed by atoms with van der Waals surface area (Å²) >= 11 is 0. The van der Waals surface area contributed by atoms with Gasteiger partial charge in [-0.15, -0.1) is 0 Å². The van der Waals surface area contributed by atoms with Crippen LogP contribution in [0.3, 0.4) is 0 Å². The van der Waals surface area contributed by atoms with Gasteiger partial charge in [-0.3, -0.25) is 9.36 Å². The maximum absolute atomic E-state index is 12.5. The van der Waals surface area contributed by atoms with E-state index >= 15 is 0 Å². The lowest BCUT2D eigenvalue weighted by Crippen LogP contribution is -2.24. The molecule has 0 spiro atoms. The van der Waals surface area contributed by atoms with Gasteiger partial charge in [-0.2, -0.15) is 0 Å². The van der Waals surface area contributed by atoms with E-state index in [1.165, 1.54) is 16.2 Å². The molecule has 2 N–H and O–H groups in total. The van der Waals surface area contributed by atoms with Gasteiger partial charge in [0.15, 0.2) is 5.75 Å². The van der Waals surface area contributed by atoms with Gasteiger partial charge in [0.05, 0.1) is 12.7 Å². The summed E-state index contributed by atoms with van der Waals surface area (Å²) in [4.78, 5) is 12.5. The first-order valence-corrected chi connectivity index (χ1v) is 11.8. The van der Waals surface area contributed by atoms with Gasteiger partial charge < -0.3 is 14.9 Å². The minimum Gasteiger partial charge on any atom is -0.492 e. The summed E-state index contributed by atoms with van der Waals surface area (Å²) in [7, 11) is 0. The molecule has 2 rings (SSSR count). The smallest absolute Gasteiger partial charge is 0.253 e. The molecule has 0 bridgehead atoms. The van der Waals surface area contributed by atoms with Crippen molar-refractivity contribution in [2.45, 2.75) is 98.1 Å². The minimum atomic E-state index is -0.752. The van der Waals surface area contributed by atoms with Gasteiger partial charge in [0.2, 0.25) is 5.88 Å². The molecule has 2 aromatic rings. The molecule has 32 heavy (non-hydrogen) atoms. The van der Waals surface area contributed by atoms with E-state index in [4.69, 9.17) is 4.74 Å². The highest BCUT2D eigenvalue weighted by Gasteiger charge is 2.28. The Morgan fingerprint density at radius 1 is 1.03 bits per heavy atom. The van der Waals surface area contributed by atoms with Gasteiger partial charge in [0.25, 0.3) is 5.56 Å². The van der Waals surface area contributed by atoms with Crippen molar-refractivity contribution in [3.63, 3.8) is 0 Å². The lowest BCUT2D eigenvalue weighted by molar-refractivity contribution is 0.156. The Labute approximate surface area is 193 Å². The summed E-state index contributed by atoms with van der Waals surface area (Å²) in [5.41, 5.74) is 3.55. The summed E-state index contributed by atoms with van der Waals surface area (Å²) in [5, 5.41) is 21.7. The summed E-state index contributed by atoms with van der Waals surface area (Å²) in [5.74, 6) is 0.138. The molecule has 0 aliphatic rings. The van der Waals surface area contributed by atoms with Crippen LogP contribution < -0.4 is 10.3 Å². The van der Waals surface area contributed by atoms with Crippen LogP contribution in [0.4, 0.5) is 0 Å². The van der Waals surface area contributed by atoms with Gasteiger partial charge in [0.1, 0.15) is 0 Å². The Morgan fingerprint density at radius 2 is 1.66 bits per heavy atom. The fourth-order valence-corrected chi connectivity index (χ4v) is 3.93. The monoisotopic (exact) mass is 443 g/mol. The van der Waals surface area contributed by atoms with Crippen molar-refractivity contribution in [2.24, 2.45) is 0 Å². The fourth-order valence-electron chi connectivity index (χ4n) is 3.93. The Morgan fingerprint density at radius 3 is 2.22 bits per heavy atom. The molecule has 0 radical (unpaired) electrons. The van der Waals surface area contributed by atoms with Crippen molar-refractivity contribution in [1.82, 2.24) is 4.57 Å². The summed E-state index contributed by atoms with van der Waals surface area (Å²) in [6.07, 6.45) is 1.53. The number of nitrogens with zero attached hydrogens (tertiary/aromatic N) is 1. The van der Waals surface area contributed by atoms with Crippen LogP contribution in [0.2, 0.25) is 0 Å². The predicted molar refractivity (Wildman–Crippen MR) is 131 cm³/mol. The van der Waals surface area contributed by atoms with Crippen molar-refractivity contribution in [2.75, 3.05) is 6.61 Å². The zero-order chi connectivity index (χ0) is 24.3. The zero-order valence-corrected chi connectivity index (χ0v) is 21.1. The average Bonchev–Trinajstić information content (AvgIpc) is 2.75. The molecule has 0 fully saturated rings. The number of hydrogen-bond acceptors (Lipinski definition) is 4. The second kappa shape index (κ2) is 10.1. The third-order valence-electron chi connectivity index (χ3n) is 7.03. The summed E-state index contributed by atoms with van der Waals surface area (Å²) in [6, 6.07) is 7.85. The Balaban J connectivity index is 2.41. The van der Waals surface area contributed by atoms with E-state index in [1.54, 1.807) is 6.92 Å². The Hall–Kier alpha value is -2.27. The van der Waals surface area contributed by atoms with E-state index < -0.39 is 6.10 Å². The summed E-state index contributed by atoms with van der Waals surface area (Å²) in [6.45, 7) is 17.4. The first kappa shape index (κ1) is 26.0. The number of ether oxygens (including phenoxy) is 1. The Bertz CT molecular complexity index is 988. The topological polar surface area (TPSA) is 71.7 Å². The van der Waals surface area contributed by atoms with Crippen LogP contribution >= 0.6 is 0 Å². The van der Waals surface area contributed by atoms with Crippen LogP contribution in [0.25, 0.3) is 0 Å². The molecule has 5 heteroatoms. The number of pyridine rings is 1.